The number of aromatic nitrogens is 1. The zero-order valence-electron chi connectivity index (χ0n) is 12.4. The van der Waals surface area contributed by atoms with E-state index in [0.717, 1.165) is 19.0 Å². The van der Waals surface area contributed by atoms with Gasteiger partial charge in [-0.1, -0.05) is 6.42 Å². The van der Waals surface area contributed by atoms with Gasteiger partial charge in [-0.3, -0.25) is 4.99 Å². The van der Waals surface area contributed by atoms with Gasteiger partial charge in [-0.25, -0.2) is 0 Å². The first-order valence-electron chi connectivity index (χ1n) is 7.27. The third-order valence-corrected chi connectivity index (χ3v) is 4.71. The molecule has 1 spiro atoms. The number of aryl methyl sites for hydroxylation is 1. The SMILES string of the molecule is CN=C(NCc1ccn(C)c1)N1CCC2(CCC2)C1.I. The normalized spacial score (nSPS) is 20.7. The molecule has 2 aliphatic rings. The molecule has 1 saturated heterocycles. The van der Waals surface area contributed by atoms with Crippen LogP contribution in [0.25, 0.3) is 0 Å². The average molecular weight is 388 g/mol. The Bertz CT molecular complexity index is 476. The van der Waals surface area contributed by atoms with Gasteiger partial charge in [0.15, 0.2) is 5.96 Å². The molecule has 2 fully saturated rings. The van der Waals surface area contributed by atoms with Crippen molar-refractivity contribution in [3.63, 3.8) is 0 Å². The summed E-state index contributed by atoms with van der Waals surface area (Å²) in [5, 5.41) is 3.49. The first-order chi connectivity index (χ1) is 9.21. The van der Waals surface area contributed by atoms with Crippen molar-refractivity contribution in [2.45, 2.75) is 32.2 Å². The van der Waals surface area contributed by atoms with Crippen LogP contribution in [0.2, 0.25) is 0 Å². The molecule has 1 aliphatic carbocycles. The highest BCUT2D eigenvalue weighted by Crippen LogP contribution is 2.47. The van der Waals surface area contributed by atoms with Crippen LogP contribution in [0.4, 0.5) is 0 Å². The van der Waals surface area contributed by atoms with Crippen LogP contribution in [0.1, 0.15) is 31.2 Å². The maximum atomic E-state index is 4.44. The van der Waals surface area contributed by atoms with E-state index in [1.807, 2.05) is 7.05 Å². The van der Waals surface area contributed by atoms with Crippen LogP contribution in [0, 0.1) is 5.41 Å². The van der Waals surface area contributed by atoms with Crippen molar-refractivity contribution < 1.29 is 0 Å². The molecule has 5 heteroatoms. The van der Waals surface area contributed by atoms with E-state index in [0.29, 0.717) is 5.41 Å². The molecule has 0 bridgehead atoms. The lowest BCUT2D eigenvalue weighted by Gasteiger charge is -2.38. The van der Waals surface area contributed by atoms with Gasteiger partial charge in [0.2, 0.25) is 0 Å². The van der Waals surface area contributed by atoms with Gasteiger partial charge in [-0.2, -0.15) is 0 Å². The molecule has 0 aromatic carbocycles. The highest BCUT2D eigenvalue weighted by Gasteiger charge is 2.43. The fraction of sp³-hybridized carbons (Fsp3) is 0.667. The second kappa shape index (κ2) is 6.37. The number of aliphatic imine (C=N–C) groups is 1. The summed E-state index contributed by atoms with van der Waals surface area (Å²) >= 11 is 0. The second-order valence-electron chi connectivity index (χ2n) is 6.11. The van der Waals surface area contributed by atoms with Crippen molar-refractivity contribution in [2.24, 2.45) is 17.5 Å². The summed E-state index contributed by atoms with van der Waals surface area (Å²) in [6, 6.07) is 2.15. The lowest BCUT2D eigenvalue weighted by molar-refractivity contribution is 0.151. The first-order valence-corrected chi connectivity index (χ1v) is 7.27. The Morgan fingerprint density at radius 2 is 2.20 bits per heavy atom. The second-order valence-corrected chi connectivity index (χ2v) is 6.11. The van der Waals surface area contributed by atoms with Gasteiger partial charge in [-0.15, -0.1) is 24.0 Å². The molecule has 3 rings (SSSR count). The van der Waals surface area contributed by atoms with Crippen LogP contribution in [0.15, 0.2) is 23.5 Å². The number of guanidine groups is 1. The minimum Gasteiger partial charge on any atom is -0.357 e. The standard InChI is InChI=1S/C15H24N4.HI/c1-16-14(17-10-13-4-8-18(2)11-13)19-9-7-15(12-19)5-3-6-15;/h4,8,11H,3,5-7,9-10,12H2,1-2H3,(H,16,17);1H. The maximum absolute atomic E-state index is 4.44. The molecule has 112 valence electrons. The number of halogens is 1. The minimum absolute atomic E-state index is 0. The Balaban J connectivity index is 0.00000147. The third-order valence-electron chi connectivity index (χ3n) is 4.71. The monoisotopic (exact) mass is 388 g/mol. The lowest BCUT2D eigenvalue weighted by Crippen LogP contribution is -2.42. The van der Waals surface area contributed by atoms with Crippen molar-refractivity contribution in [3.05, 3.63) is 24.0 Å². The molecule has 4 nitrogen and oxygen atoms in total. The molecule has 0 unspecified atom stereocenters. The van der Waals surface area contributed by atoms with Crippen LogP contribution in [0.3, 0.4) is 0 Å². The van der Waals surface area contributed by atoms with Crippen LogP contribution >= 0.6 is 24.0 Å². The fourth-order valence-electron chi connectivity index (χ4n) is 3.38. The van der Waals surface area contributed by atoms with Gasteiger partial charge < -0.3 is 14.8 Å². The number of nitrogens with zero attached hydrogens (tertiary/aromatic N) is 3. The molecular weight excluding hydrogens is 363 g/mol. The van der Waals surface area contributed by atoms with Gasteiger partial charge in [0.25, 0.3) is 0 Å². The van der Waals surface area contributed by atoms with Gasteiger partial charge in [0.1, 0.15) is 0 Å². The summed E-state index contributed by atoms with van der Waals surface area (Å²) in [6.45, 7) is 3.22. The Labute approximate surface area is 138 Å². The molecule has 1 saturated carbocycles. The predicted octanol–water partition coefficient (Wildman–Crippen LogP) is 2.59. The molecule has 0 amide bonds. The van der Waals surface area contributed by atoms with E-state index >= 15 is 0 Å². The van der Waals surface area contributed by atoms with E-state index in [-0.39, 0.29) is 24.0 Å². The molecule has 1 aromatic heterocycles. The number of hydrogen-bond donors (Lipinski definition) is 1. The molecule has 0 radical (unpaired) electrons. The third kappa shape index (κ3) is 3.13. The van der Waals surface area contributed by atoms with Gasteiger partial charge in [-0.05, 0) is 36.3 Å². The predicted molar refractivity (Wildman–Crippen MR) is 93.5 cm³/mol. The molecule has 0 atom stereocenters. The summed E-state index contributed by atoms with van der Waals surface area (Å²) in [5.74, 6) is 1.06. The Morgan fingerprint density at radius 1 is 1.40 bits per heavy atom. The van der Waals surface area contributed by atoms with Gasteiger partial charge >= 0.3 is 0 Å². The Morgan fingerprint density at radius 3 is 2.70 bits per heavy atom. The van der Waals surface area contributed by atoms with E-state index in [1.54, 1.807) is 0 Å². The highest BCUT2D eigenvalue weighted by molar-refractivity contribution is 14.0. The van der Waals surface area contributed by atoms with Crippen LogP contribution in [-0.2, 0) is 13.6 Å². The van der Waals surface area contributed by atoms with Gasteiger partial charge in [0.05, 0.1) is 0 Å². The molecule has 2 heterocycles. The van der Waals surface area contributed by atoms with Crippen LogP contribution < -0.4 is 5.32 Å². The maximum Gasteiger partial charge on any atom is 0.193 e. The lowest BCUT2D eigenvalue weighted by atomic mass is 9.68. The van der Waals surface area contributed by atoms with Crippen LogP contribution in [-0.4, -0.2) is 35.6 Å². The molecule has 20 heavy (non-hydrogen) atoms. The number of rotatable bonds is 2. The van der Waals surface area contributed by atoms with E-state index in [4.69, 9.17) is 0 Å². The summed E-state index contributed by atoms with van der Waals surface area (Å²) in [6.07, 6.45) is 9.83. The zero-order valence-corrected chi connectivity index (χ0v) is 14.8. The smallest absolute Gasteiger partial charge is 0.193 e. The summed E-state index contributed by atoms with van der Waals surface area (Å²) in [4.78, 5) is 6.87. The van der Waals surface area contributed by atoms with E-state index in [1.165, 1.54) is 37.8 Å². The van der Waals surface area contributed by atoms with Gasteiger partial charge in [0, 0.05) is 46.1 Å². The summed E-state index contributed by atoms with van der Waals surface area (Å²) in [7, 11) is 3.94. The number of likely N-dealkylation sites (tertiary alicyclic amines) is 1. The molecule has 1 N–H and O–H groups in total. The molecular formula is C15H25IN4. The van der Waals surface area contributed by atoms with Crippen molar-refractivity contribution >= 4 is 29.9 Å². The van der Waals surface area contributed by atoms with Crippen molar-refractivity contribution in [3.8, 4) is 0 Å². The average Bonchev–Trinajstić information content (AvgIpc) is 2.96. The van der Waals surface area contributed by atoms with Crippen molar-refractivity contribution in [2.75, 3.05) is 20.1 Å². The highest BCUT2D eigenvalue weighted by atomic mass is 127. The fourth-order valence-corrected chi connectivity index (χ4v) is 3.38. The first kappa shape index (κ1) is 15.7. The Kier molecular flexibility index (Phi) is 4.99. The van der Waals surface area contributed by atoms with Crippen molar-refractivity contribution in [1.29, 1.82) is 0 Å². The zero-order chi connectivity index (χ0) is 13.3. The topological polar surface area (TPSA) is 32.6 Å². The largest absolute Gasteiger partial charge is 0.357 e. The van der Waals surface area contributed by atoms with Crippen LogP contribution in [0.5, 0.6) is 0 Å². The van der Waals surface area contributed by atoms with E-state index < -0.39 is 0 Å². The van der Waals surface area contributed by atoms with E-state index in [2.05, 4.69) is 45.3 Å². The van der Waals surface area contributed by atoms with Crippen molar-refractivity contribution in [1.82, 2.24) is 14.8 Å². The minimum atomic E-state index is 0. The summed E-state index contributed by atoms with van der Waals surface area (Å²) in [5.41, 5.74) is 1.94. The van der Waals surface area contributed by atoms with E-state index in [9.17, 15) is 0 Å². The number of hydrogen-bond acceptors (Lipinski definition) is 1. The Hall–Kier alpha value is -0.720. The number of nitrogens with one attached hydrogen (secondary N) is 1. The summed E-state index contributed by atoms with van der Waals surface area (Å²) < 4.78 is 2.08. The quantitative estimate of drug-likeness (QED) is 0.480. The molecule has 1 aromatic rings. The molecule has 1 aliphatic heterocycles.